The number of rotatable bonds is 7. The predicted molar refractivity (Wildman–Crippen MR) is 101 cm³/mol. The Hall–Kier alpha value is -2.46. The van der Waals surface area contributed by atoms with E-state index >= 15 is 0 Å². The second-order valence-electron chi connectivity index (χ2n) is 6.21. The number of carbonyl (C=O) groups is 1. The number of carboxylic acids is 1. The first-order chi connectivity index (χ1) is 12.2. The molecule has 1 aromatic heterocycles. The van der Waals surface area contributed by atoms with Crippen molar-refractivity contribution in [3.8, 4) is 0 Å². The van der Waals surface area contributed by atoms with Gasteiger partial charge in [-0.2, -0.15) is 0 Å². The Balaban J connectivity index is 1.95. The SMILES string of the molecule is CC(c1ccccc1)C(CC(C(=O)O)c1nccs1)c1ccccc1. The molecule has 1 heterocycles. The Labute approximate surface area is 152 Å². The molecule has 0 radical (unpaired) electrons. The van der Waals surface area contributed by atoms with E-state index in [1.165, 1.54) is 22.5 Å². The highest BCUT2D eigenvalue weighted by Crippen LogP contribution is 2.40. The summed E-state index contributed by atoms with van der Waals surface area (Å²) in [7, 11) is 0. The molecule has 0 amide bonds. The molecule has 1 N–H and O–H groups in total. The lowest BCUT2D eigenvalue weighted by atomic mass is 9.77. The third-order valence-electron chi connectivity index (χ3n) is 4.69. The molecule has 4 heteroatoms. The van der Waals surface area contributed by atoms with Crippen molar-refractivity contribution in [3.63, 3.8) is 0 Å². The Morgan fingerprint density at radius 2 is 1.64 bits per heavy atom. The Kier molecular flexibility index (Phi) is 5.61. The molecule has 0 fully saturated rings. The summed E-state index contributed by atoms with van der Waals surface area (Å²) in [5, 5.41) is 12.3. The first-order valence-corrected chi connectivity index (χ1v) is 9.27. The highest BCUT2D eigenvalue weighted by Gasteiger charge is 2.30. The van der Waals surface area contributed by atoms with Gasteiger partial charge in [0, 0.05) is 11.6 Å². The van der Waals surface area contributed by atoms with Gasteiger partial charge in [0.05, 0.1) is 0 Å². The molecule has 3 rings (SSSR count). The van der Waals surface area contributed by atoms with E-state index in [-0.39, 0.29) is 11.8 Å². The van der Waals surface area contributed by atoms with Crippen molar-refractivity contribution in [2.75, 3.05) is 0 Å². The molecule has 25 heavy (non-hydrogen) atoms. The fourth-order valence-corrected chi connectivity index (χ4v) is 4.03. The zero-order valence-corrected chi connectivity index (χ0v) is 14.9. The van der Waals surface area contributed by atoms with Crippen LogP contribution >= 0.6 is 11.3 Å². The van der Waals surface area contributed by atoms with Crippen molar-refractivity contribution >= 4 is 17.3 Å². The van der Waals surface area contributed by atoms with Crippen LogP contribution in [0.25, 0.3) is 0 Å². The zero-order valence-electron chi connectivity index (χ0n) is 14.1. The van der Waals surface area contributed by atoms with Gasteiger partial charge in [0.2, 0.25) is 0 Å². The van der Waals surface area contributed by atoms with E-state index in [2.05, 4.69) is 36.2 Å². The highest BCUT2D eigenvalue weighted by molar-refractivity contribution is 7.09. The number of hydrogen-bond donors (Lipinski definition) is 1. The van der Waals surface area contributed by atoms with E-state index in [1.807, 2.05) is 41.8 Å². The zero-order chi connectivity index (χ0) is 17.6. The van der Waals surface area contributed by atoms with Gasteiger partial charge < -0.3 is 5.11 Å². The number of thiazole rings is 1. The molecule has 3 nitrogen and oxygen atoms in total. The van der Waals surface area contributed by atoms with E-state index in [0.717, 1.165) is 0 Å². The second kappa shape index (κ2) is 8.08. The standard InChI is InChI=1S/C21H21NO2S/c1-15(16-8-4-2-5-9-16)18(17-10-6-3-7-11-17)14-19(21(23)24)20-22-12-13-25-20/h2-13,15,18-19H,14H2,1H3,(H,23,24). The fourth-order valence-electron chi connectivity index (χ4n) is 3.29. The molecule has 0 aliphatic rings. The first kappa shape index (κ1) is 17.4. The van der Waals surface area contributed by atoms with Gasteiger partial charge >= 0.3 is 5.97 Å². The number of benzene rings is 2. The minimum Gasteiger partial charge on any atom is -0.481 e. The van der Waals surface area contributed by atoms with Gasteiger partial charge in [-0.25, -0.2) is 4.98 Å². The van der Waals surface area contributed by atoms with Crippen molar-refractivity contribution in [2.24, 2.45) is 0 Å². The summed E-state index contributed by atoms with van der Waals surface area (Å²) < 4.78 is 0. The predicted octanol–water partition coefficient (Wildman–Crippen LogP) is 5.29. The normalized spacial score (nSPS) is 14.6. The van der Waals surface area contributed by atoms with Gasteiger partial charge in [-0.1, -0.05) is 67.6 Å². The molecule has 0 saturated carbocycles. The van der Waals surface area contributed by atoms with Gasteiger partial charge in [-0.3, -0.25) is 4.79 Å². The molecule has 0 saturated heterocycles. The second-order valence-corrected chi connectivity index (χ2v) is 7.14. The maximum Gasteiger partial charge on any atom is 0.313 e. The molecule has 0 aliphatic heterocycles. The molecule has 0 aliphatic carbocycles. The van der Waals surface area contributed by atoms with Crippen molar-refractivity contribution in [2.45, 2.75) is 31.1 Å². The van der Waals surface area contributed by atoms with E-state index in [1.54, 1.807) is 6.20 Å². The molecule has 2 aromatic carbocycles. The van der Waals surface area contributed by atoms with Crippen LogP contribution in [-0.4, -0.2) is 16.1 Å². The van der Waals surface area contributed by atoms with Gasteiger partial charge in [-0.05, 0) is 29.4 Å². The monoisotopic (exact) mass is 351 g/mol. The van der Waals surface area contributed by atoms with Crippen LogP contribution in [0, 0.1) is 0 Å². The molecular formula is C21H21NO2S. The van der Waals surface area contributed by atoms with Crippen LogP contribution in [0.3, 0.4) is 0 Å². The van der Waals surface area contributed by atoms with Crippen LogP contribution in [0.1, 0.15) is 47.2 Å². The Morgan fingerprint density at radius 1 is 1.04 bits per heavy atom. The number of aromatic nitrogens is 1. The van der Waals surface area contributed by atoms with E-state index in [4.69, 9.17) is 0 Å². The fraction of sp³-hybridized carbons (Fsp3) is 0.238. The number of hydrogen-bond acceptors (Lipinski definition) is 3. The van der Waals surface area contributed by atoms with Crippen molar-refractivity contribution < 1.29 is 9.90 Å². The number of aliphatic carboxylic acids is 1. The largest absolute Gasteiger partial charge is 0.481 e. The summed E-state index contributed by atoms with van der Waals surface area (Å²) in [6.07, 6.45) is 2.21. The summed E-state index contributed by atoms with van der Waals surface area (Å²) in [6.45, 7) is 2.17. The molecule has 0 spiro atoms. The summed E-state index contributed by atoms with van der Waals surface area (Å²) in [5.74, 6) is -1.08. The van der Waals surface area contributed by atoms with Gasteiger partial charge in [0.1, 0.15) is 10.9 Å². The van der Waals surface area contributed by atoms with Crippen molar-refractivity contribution in [1.29, 1.82) is 0 Å². The van der Waals surface area contributed by atoms with Crippen LogP contribution in [0.4, 0.5) is 0 Å². The van der Waals surface area contributed by atoms with E-state index in [9.17, 15) is 9.90 Å². The van der Waals surface area contributed by atoms with Crippen LogP contribution in [-0.2, 0) is 4.79 Å². The maximum absolute atomic E-state index is 11.9. The average Bonchev–Trinajstić information content (AvgIpc) is 3.17. The topological polar surface area (TPSA) is 50.2 Å². The van der Waals surface area contributed by atoms with Crippen molar-refractivity contribution in [3.05, 3.63) is 88.4 Å². The third-order valence-corrected chi connectivity index (χ3v) is 5.58. The highest BCUT2D eigenvalue weighted by atomic mass is 32.1. The lowest BCUT2D eigenvalue weighted by Gasteiger charge is -2.27. The number of nitrogens with zero attached hydrogens (tertiary/aromatic N) is 1. The molecule has 3 aromatic rings. The van der Waals surface area contributed by atoms with Gasteiger partial charge in [0.15, 0.2) is 0 Å². The summed E-state index contributed by atoms with van der Waals surface area (Å²) >= 11 is 1.41. The lowest BCUT2D eigenvalue weighted by Crippen LogP contribution is -2.18. The van der Waals surface area contributed by atoms with Gasteiger partial charge in [0.25, 0.3) is 0 Å². The molecule has 3 atom stereocenters. The van der Waals surface area contributed by atoms with E-state index in [0.29, 0.717) is 11.4 Å². The molecule has 3 unspecified atom stereocenters. The van der Waals surface area contributed by atoms with E-state index < -0.39 is 11.9 Å². The summed E-state index contributed by atoms with van der Waals surface area (Å²) in [4.78, 5) is 16.1. The van der Waals surface area contributed by atoms with Crippen LogP contribution in [0.2, 0.25) is 0 Å². The van der Waals surface area contributed by atoms with Gasteiger partial charge in [-0.15, -0.1) is 11.3 Å². The van der Waals surface area contributed by atoms with Crippen LogP contribution < -0.4 is 0 Å². The summed E-state index contributed by atoms with van der Waals surface area (Å²) in [5.41, 5.74) is 2.39. The maximum atomic E-state index is 11.9. The Bertz CT molecular complexity index is 787. The van der Waals surface area contributed by atoms with Crippen LogP contribution in [0.5, 0.6) is 0 Å². The first-order valence-electron chi connectivity index (χ1n) is 8.39. The van der Waals surface area contributed by atoms with Crippen molar-refractivity contribution in [1.82, 2.24) is 4.98 Å². The quantitative estimate of drug-likeness (QED) is 0.629. The smallest absolute Gasteiger partial charge is 0.313 e. The third kappa shape index (κ3) is 4.15. The minimum absolute atomic E-state index is 0.105. The minimum atomic E-state index is -0.809. The molecular weight excluding hydrogens is 330 g/mol. The van der Waals surface area contributed by atoms with Crippen LogP contribution in [0.15, 0.2) is 72.2 Å². The average molecular weight is 351 g/mol. The summed E-state index contributed by atoms with van der Waals surface area (Å²) in [6, 6.07) is 20.5. The Morgan fingerprint density at radius 3 is 2.16 bits per heavy atom. The molecule has 128 valence electrons. The lowest BCUT2D eigenvalue weighted by molar-refractivity contribution is -0.139. The number of carboxylic acid groups (broad SMARTS) is 1. The molecule has 0 bridgehead atoms.